The Bertz CT molecular complexity index is 1040. The number of hydrogen-bond donors (Lipinski definition) is 2. The lowest BCUT2D eigenvalue weighted by atomic mass is 10.1. The van der Waals surface area contributed by atoms with E-state index in [1.807, 2.05) is 24.3 Å². The highest BCUT2D eigenvalue weighted by atomic mass is 16.5. The van der Waals surface area contributed by atoms with E-state index in [9.17, 15) is 9.59 Å². The van der Waals surface area contributed by atoms with Gasteiger partial charge in [-0.1, -0.05) is 30.3 Å². The summed E-state index contributed by atoms with van der Waals surface area (Å²) in [5.74, 6) is 0.794. The Morgan fingerprint density at radius 3 is 2.61 bits per heavy atom. The maximum atomic E-state index is 12.7. The maximum absolute atomic E-state index is 12.7. The molecule has 3 aromatic rings. The van der Waals surface area contributed by atoms with Crippen LogP contribution in [0.25, 0.3) is 6.08 Å². The van der Waals surface area contributed by atoms with Gasteiger partial charge in [-0.2, -0.15) is 0 Å². The van der Waals surface area contributed by atoms with Crippen molar-refractivity contribution < 1.29 is 18.7 Å². The Labute approximate surface area is 161 Å². The largest absolute Gasteiger partial charge is 0.488 e. The smallest absolute Gasteiger partial charge is 0.255 e. The summed E-state index contributed by atoms with van der Waals surface area (Å²) in [5, 5.41) is 5.60. The van der Waals surface area contributed by atoms with E-state index in [-0.39, 0.29) is 25.0 Å². The highest BCUT2D eigenvalue weighted by Crippen LogP contribution is 2.26. The number of carbonyl (C=O) groups is 2. The van der Waals surface area contributed by atoms with Gasteiger partial charge in [0.15, 0.2) is 0 Å². The number of ether oxygens (including phenoxy) is 1. The van der Waals surface area contributed by atoms with Crippen LogP contribution in [0.5, 0.6) is 5.75 Å². The topological polar surface area (TPSA) is 80.6 Å². The molecule has 0 saturated heterocycles. The van der Waals surface area contributed by atoms with Gasteiger partial charge < -0.3 is 19.8 Å². The van der Waals surface area contributed by atoms with Crippen molar-refractivity contribution >= 4 is 23.6 Å². The number of fused-ring (bicyclic) bond motifs is 1. The van der Waals surface area contributed by atoms with Crippen LogP contribution in [0.3, 0.4) is 0 Å². The Hall–Kier alpha value is -3.80. The van der Waals surface area contributed by atoms with Crippen LogP contribution in [0.15, 0.2) is 76.9 Å². The van der Waals surface area contributed by atoms with Crippen molar-refractivity contribution in [1.29, 1.82) is 0 Å². The van der Waals surface area contributed by atoms with E-state index in [0.29, 0.717) is 22.6 Å². The molecule has 6 heteroatoms. The SMILES string of the molecule is O=C(Nc1ccccc1C(=O)NCc1ccco1)C1=Cc2ccccc2OC1. The number of anilines is 1. The summed E-state index contributed by atoms with van der Waals surface area (Å²) < 4.78 is 10.9. The van der Waals surface area contributed by atoms with Gasteiger partial charge in [0.25, 0.3) is 11.8 Å². The summed E-state index contributed by atoms with van der Waals surface area (Å²) in [6.45, 7) is 0.444. The zero-order valence-corrected chi connectivity index (χ0v) is 15.0. The third-order valence-corrected chi connectivity index (χ3v) is 4.35. The van der Waals surface area contributed by atoms with Crippen molar-refractivity contribution in [1.82, 2.24) is 5.32 Å². The van der Waals surface area contributed by atoms with Gasteiger partial charge in [0.2, 0.25) is 0 Å². The van der Waals surface area contributed by atoms with Crippen LogP contribution < -0.4 is 15.4 Å². The second kappa shape index (κ2) is 7.84. The molecule has 6 nitrogen and oxygen atoms in total. The standard InChI is InChI=1S/C22H18N2O4/c25-21(16-12-15-6-1-4-10-20(15)28-14-16)24-19-9-3-2-8-18(19)22(26)23-13-17-7-5-11-27-17/h1-12H,13-14H2,(H,23,26)(H,24,25). The van der Waals surface area contributed by atoms with Crippen LogP contribution in [0.1, 0.15) is 21.7 Å². The fraction of sp³-hybridized carbons (Fsp3) is 0.0909. The number of carbonyl (C=O) groups excluding carboxylic acids is 2. The second-order valence-corrected chi connectivity index (χ2v) is 6.26. The molecule has 0 radical (unpaired) electrons. The average Bonchev–Trinajstić information content (AvgIpc) is 3.25. The minimum Gasteiger partial charge on any atom is -0.488 e. The highest BCUT2D eigenvalue weighted by Gasteiger charge is 2.19. The van der Waals surface area contributed by atoms with E-state index in [1.165, 1.54) is 0 Å². The summed E-state index contributed by atoms with van der Waals surface area (Å²) in [6, 6.07) is 17.9. The van der Waals surface area contributed by atoms with E-state index in [0.717, 1.165) is 11.3 Å². The van der Waals surface area contributed by atoms with Crippen molar-refractivity contribution in [2.24, 2.45) is 0 Å². The fourth-order valence-electron chi connectivity index (χ4n) is 2.92. The molecule has 1 aliphatic rings. The molecule has 2 aromatic carbocycles. The summed E-state index contributed by atoms with van der Waals surface area (Å²) in [4.78, 5) is 25.2. The van der Waals surface area contributed by atoms with Crippen molar-refractivity contribution in [3.63, 3.8) is 0 Å². The van der Waals surface area contributed by atoms with Crippen molar-refractivity contribution in [3.8, 4) is 5.75 Å². The fourth-order valence-corrected chi connectivity index (χ4v) is 2.92. The highest BCUT2D eigenvalue weighted by molar-refractivity contribution is 6.11. The normalized spacial score (nSPS) is 12.4. The van der Waals surface area contributed by atoms with Crippen LogP contribution in [0.2, 0.25) is 0 Å². The van der Waals surface area contributed by atoms with Gasteiger partial charge in [0.05, 0.1) is 29.6 Å². The molecule has 28 heavy (non-hydrogen) atoms. The molecular weight excluding hydrogens is 356 g/mol. The van der Waals surface area contributed by atoms with Crippen molar-refractivity contribution in [2.45, 2.75) is 6.54 Å². The molecule has 1 aromatic heterocycles. The average molecular weight is 374 g/mol. The van der Waals surface area contributed by atoms with E-state index < -0.39 is 0 Å². The first kappa shape index (κ1) is 17.6. The lowest BCUT2D eigenvalue weighted by Gasteiger charge is -2.18. The molecule has 2 amide bonds. The Balaban J connectivity index is 1.49. The summed E-state index contributed by atoms with van der Waals surface area (Å²) in [6.07, 6.45) is 3.35. The van der Waals surface area contributed by atoms with Crippen LogP contribution in [0.4, 0.5) is 5.69 Å². The molecule has 0 spiro atoms. The van der Waals surface area contributed by atoms with Gasteiger partial charge in [-0.05, 0) is 36.4 Å². The molecule has 0 fully saturated rings. The molecule has 1 aliphatic heterocycles. The monoisotopic (exact) mass is 374 g/mol. The number of nitrogens with one attached hydrogen (secondary N) is 2. The maximum Gasteiger partial charge on any atom is 0.255 e. The van der Waals surface area contributed by atoms with Crippen LogP contribution in [-0.2, 0) is 11.3 Å². The van der Waals surface area contributed by atoms with Crippen molar-refractivity contribution in [3.05, 3.63) is 89.4 Å². The number of amides is 2. The first-order chi connectivity index (χ1) is 13.7. The minimum atomic E-state index is -0.305. The zero-order chi connectivity index (χ0) is 19.3. The van der Waals surface area contributed by atoms with Gasteiger partial charge in [0, 0.05) is 5.56 Å². The number of hydrogen-bond acceptors (Lipinski definition) is 4. The number of rotatable bonds is 5. The van der Waals surface area contributed by atoms with Crippen LogP contribution in [-0.4, -0.2) is 18.4 Å². The van der Waals surface area contributed by atoms with Crippen LogP contribution >= 0.6 is 0 Å². The number of furan rings is 1. The Morgan fingerprint density at radius 2 is 1.75 bits per heavy atom. The lowest BCUT2D eigenvalue weighted by Crippen LogP contribution is -2.26. The molecular formula is C22H18N2O4. The minimum absolute atomic E-state index is 0.176. The first-order valence-corrected chi connectivity index (χ1v) is 8.84. The third kappa shape index (κ3) is 3.81. The quantitative estimate of drug-likeness (QED) is 0.715. The third-order valence-electron chi connectivity index (χ3n) is 4.35. The molecule has 0 saturated carbocycles. The molecule has 0 unspecified atom stereocenters. The summed E-state index contributed by atoms with van der Waals surface area (Å²) >= 11 is 0. The van der Waals surface area contributed by atoms with Gasteiger partial charge in [0.1, 0.15) is 18.1 Å². The predicted octanol–water partition coefficient (Wildman–Crippen LogP) is 3.62. The van der Waals surface area contributed by atoms with E-state index in [2.05, 4.69) is 10.6 Å². The first-order valence-electron chi connectivity index (χ1n) is 8.84. The molecule has 4 rings (SSSR count). The van der Waals surface area contributed by atoms with E-state index in [4.69, 9.17) is 9.15 Å². The van der Waals surface area contributed by atoms with Gasteiger partial charge >= 0.3 is 0 Å². The molecule has 2 heterocycles. The molecule has 140 valence electrons. The number of para-hydroxylation sites is 2. The Kier molecular flexibility index (Phi) is 4.93. The number of benzene rings is 2. The van der Waals surface area contributed by atoms with Gasteiger partial charge in [-0.3, -0.25) is 9.59 Å². The van der Waals surface area contributed by atoms with Gasteiger partial charge in [-0.25, -0.2) is 0 Å². The molecule has 0 atom stereocenters. The van der Waals surface area contributed by atoms with Crippen LogP contribution in [0, 0.1) is 0 Å². The van der Waals surface area contributed by atoms with E-state index >= 15 is 0 Å². The lowest BCUT2D eigenvalue weighted by molar-refractivity contribution is -0.113. The van der Waals surface area contributed by atoms with E-state index in [1.54, 1.807) is 48.7 Å². The summed E-state index contributed by atoms with van der Waals surface area (Å²) in [7, 11) is 0. The molecule has 0 bridgehead atoms. The zero-order valence-electron chi connectivity index (χ0n) is 15.0. The molecule has 0 aliphatic carbocycles. The Morgan fingerprint density at radius 1 is 0.929 bits per heavy atom. The summed E-state index contributed by atoms with van der Waals surface area (Å²) in [5.41, 5.74) is 2.15. The van der Waals surface area contributed by atoms with Crippen molar-refractivity contribution in [2.75, 3.05) is 11.9 Å². The second-order valence-electron chi connectivity index (χ2n) is 6.26. The predicted molar refractivity (Wildman–Crippen MR) is 105 cm³/mol. The van der Waals surface area contributed by atoms with Gasteiger partial charge in [-0.15, -0.1) is 0 Å². The molecule has 2 N–H and O–H groups in total.